The highest BCUT2D eigenvalue weighted by Crippen LogP contribution is 2.31. The molecule has 0 saturated carbocycles. The number of methoxy groups -OCH3 is 1. The lowest BCUT2D eigenvalue weighted by Gasteiger charge is -2.13. The lowest BCUT2D eigenvalue weighted by atomic mass is 10.1. The van der Waals surface area contributed by atoms with Crippen molar-refractivity contribution in [2.45, 2.75) is 6.04 Å². The lowest BCUT2D eigenvalue weighted by Crippen LogP contribution is -2.22. The molecule has 0 spiro atoms. The minimum Gasteiger partial charge on any atom is -0.496 e. The second-order valence-corrected chi connectivity index (χ2v) is 3.65. The summed E-state index contributed by atoms with van der Waals surface area (Å²) in [5, 5.41) is 8.71. The summed E-state index contributed by atoms with van der Waals surface area (Å²) in [7, 11) is 1.32. The third kappa shape index (κ3) is 2.27. The number of ether oxygens (including phenoxy) is 1. The molecule has 4 nitrogen and oxygen atoms in total. The highest BCUT2D eigenvalue weighted by Gasteiger charge is 2.24. The zero-order chi connectivity index (χ0) is 11.6. The fraction of sp³-hybridized carbons (Fsp3) is 0.222. The van der Waals surface area contributed by atoms with Crippen molar-refractivity contribution in [1.82, 2.24) is 0 Å². The van der Waals surface area contributed by atoms with Gasteiger partial charge in [-0.2, -0.15) is 0 Å². The van der Waals surface area contributed by atoms with Crippen LogP contribution in [0, 0.1) is 5.82 Å². The number of aliphatic carboxylic acids is 1. The maximum Gasteiger partial charge on any atom is 0.325 e. The molecule has 3 N–H and O–H groups in total. The van der Waals surface area contributed by atoms with Crippen LogP contribution < -0.4 is 10.5 Å². The number of benzene rings is 1. The van der Waals surface area contributed by atoms with Crippen molar-refractivity contribution >= 4 is 21.9 Å². The Morgan fingerprint density at radius 1 is 1.67 bits per heavy atom. The summed E-state index contributed by atoms with van der Waals surface area (Å²) >= 11 is 2.95. The van der Waals surface area contributed by atoms with Gasteiger partial charge < -0.3 is 15.6 Å². The summed E-state index contributed by atoms with van der Waals surface area (Å²) in [6.07, 6.45) is 0. The van der Waals surface area contributed by atoms with Crippen LogP contribution in [0.25, 0.3) is 0 Å². The molecule has 0 bridgehead atoms. The van der Waals surface area contributed by atoms with E-state index in [1.54, 1.807) is 0 Å². The van der Waals surface area contributed by atoms with E-state index in [0.29, 0.717) is 0 Å². The quantitative estimate of drug-likeness (QED) is 0.882. The minimum absolute atomic E-state index is 0.116. The van der Waals surface area contributed by atoms with Crippen LogP contribution in [-0.4, -0.2) is 18.2 Å². The monoisotopic (exact) mass is 277 g/mol. The van der Waals surface area contributed by atoms with Crippen molar-refractivity contribution in [3.05, 3.63) is 28.0 Å². The number of carboxylic acid groups (broad SMARTS) is 1. The van der Waals surface area contributed by atoms with Crippen molar-refractivity contribution < 1.29 is 19.0 Å². The number of halogens is 2. The first kappa shape index (κ1) is 11.9. The van der Waals surface area contributed by atoms with E-state index in [0.717, 1.165) is 0 Å². The molecule has 0 radical (unpaired) electrons. The van der Waals surface area contributed by atoms with Crippen molar-refractivity contribution in [3.63, 3.8) is 0 Å². The Balaban J connectivity index is 3.35. The van der Waals surface area contributed by atoms with E-state index in [1.165, 1.54) is 19.2 Å². The van der Waals surface area contributed by atoms with E-state index in [4.69, 9.17) is 15.6 Å². The molecule has 0 heterocycles. The number of rotatable bonds is 3. The smallest absolute Gasteiger partial charge is 0.325 e. The van der Waals surface area contributed by atoms with E-state index < -0.39 is 17.8 Å². The van der Waals surface area contributed by atoms with E-state index >= 15 is 0 Å². The van der Waals surface area contributed by atoms with Gasteiger partial charge in [0, 0.05) is 0 Å². The van der Waals surface area contributed by atoms with E-state index in [2.05, 4.69) is 15.9 Å². The molecular weight excluding hydrogens is 269 g/mol. The first-order valence-corrected chi connectivity index (χ1v) is 4.78. The van der Waals surface area contributed by atoms with Crippen molar-refractivity contribution in [2.24, 2.45) is 5.73 Å². The van der Waals surface area contributed by atoms with Gasteiger partial charge in [0.1, 0.15) is 17.6 Å². The zero-order valence-corrected chi connectivity index (χ0v) is 9.42. The topological polar surface area (TPSA) is 72.5 Å². The first-order valence-electron chi connectivity index (χ1n) is 3.99. The van der Waals surface area contributed by atoms with Gasteiger partial charge in [0.2, 0.25) is 0 Å². The zero-order valence-electron chi connectivity index (χ0n) is 7.83. The fourth-order valence-corrected chi connectivity index (χ4v) is 1.49. The molecule has 0 aromatic heterocycles. The SMILES string of the molecule is COc1ccc(Br)c(F)c1C(N)C(=O)O. The summed E-state index contributed by atoms with van der Waals surface area (Å²) in [5.74, 6) is -1.92. The van der Waals surface area contributed by atoms with Crippen LogP contribution in [0.15, 0.2) is 16.6 Å². The maximum atomic E-state index is 13.6. The molecule has 1 aromatic rings. The Kier molecular flexibility index (Phi) is 3.65. The fourth-order valence-electron chi connectivity index (χ4n) is 1.14. The molecule has 82 valence electrons. The predicted octanol–water partition coefficient (Wildman–Crippen LogP) is 1.68. The van der Waals surface area contributed by atoms with Gasteiger partial charge in [-0.3, -0.25) is 4.79 Å². The first-order chi connectivity index (χ1) is 6.99. The van der Waals surface area contributed by atoms with Crippen LogP contribution in [0.4, 0.5) is 4.39 Å². The third-order valence-corrected chi connectivity index (χ3v) is 2.50. The molecule has 15 heavy (non-hydrogen) atoms. The number of hydrogen-bond donors (Lipinski definition) is 2. The van der Waals surface area contributed by atoms with Crippen molar-refractivity contribution in [2.75, 3.05) is 7.11 Å². The summed E-state index contributed by atoms with van der Waals surface area (Å²) in [5.41, 5.74) is 5.18. The van der Waals surface area contributed by atoms with Gasteiger partial charge >= 0.3 is 5.97 Å². The van der Waals surface area contributed by atoms with Crippen molar-refractivity contribution in [3.8, 4) is 5.75 Å². The normalized spacial score (nSPS) is 12.3. The van der Waals surface area contributed by atoms with Crippen LogP contribution in [0.5, 0.6) is 5.75 Å². The summed E-state index contributed by atoms with van der Waals surface area (Å²) in [4.78, 5) is 10.7. The third-order valence-electron chi connectivity index (χ3n) is 1.89. The number of nitrogens with two attached hydrogens (primary N) is 1. The van der Waals surface area contributed by atoms with Gasteiger partial charge in [-0.05, 0) is 28.1 Å². The molecule has 0 amide bonds. The van der Waals surface area contributed by atoms with E-state index in [-0.39, 0.29) is 15.8 Å². The Labute approximate surface area is 94.0 Å². The standard InChI is InChI=1S/C9H9BrFNO3/c1-15-5-3-2-4(10)7(11)6(5)8(12)9(13)14/h2-3,8H,12H2,1H3,(H,13,14). The molecule has 0 aliphatic carbocycles. The Morgan fingerprint density at radius 3 is 2.73 bits per heavy atom. The largest absolute Gasteiger partial charge is 0.496 e. The molecule has 0 fully saturated rings. The maximum absolute atomic E-state index is 13.6. The van der Waals surface area contributed by atoms with Gasteiger partial charge in [-0.1, -0.05) is 0 Å². The van der Waals surface area contributed by atoms with Gasteiger partial charge in [0.15, 0.2) is 0 Å². The van der Waals surface area contributed by atoms with Gasteiger partial charge in [-0.15, -0.1) is 0 Å². The molecular formula is C9H9BrFNO3. The Morgan fingerprint density at radius 2 is 2.27 bits per heavy atom. The second kappa shape index (κ2) is 4.59. The second-order valence-electron chi connectivity index (χ2n) is 2.79. The molecule has 0 aliphatic rings. The molecule has 1 aromatic carbocycles. The van der Waals surface area contributed by atoms with Crippen LogP contribution in [0.2, 0.25) is 0 Å². The number of carbonyl (C=O) groups is 1. The highest BCUT2D eigenvalue weighted by molar-refractivity contribution is 9.10. The molecule has 1 rings (SSSR count). The van der Waals surface area contributed by atoms with Gasteiger partial charge in [0.05, 0.1) is 17.1 Å². The van der Waals surface area contributed by atoms with E-state index in [1.807, 2.05) is 0 Å². The lowest BCUT2D eigenvalue weighted by molar-refractivity contribution is -0.138. The number of carboxylic acids is 1. The predicted molar refractivity (Wildman–Crippen MR) is 55.2 cm³/mol. The molecule has 6 heteroatoms. The Hall–Kier alpha value is -1.14. The van der Waals surface area contributed by atoms with Gasteiger partial charge in [-0.25, -0.2) is 4.39 Å². The van der Waals surface area contributed by atoms with Crippen LogP contribution in [0.3, 0.4) is 0 Å². The summed E-state index contributed by atoms with van der Waals surface area (Å²) in [6.45, 7) is 0. The molecule has 1 unspecified atom stereocenters. The average molecular weight is 278 g/mol. The highest BCUT2D eigenvalue weighted by atomic mass is 79.9. The van der Waals surface area contributed by atoms with Crippen molar-refractivity contribution in [1.29, 1.82) is 0 Å². The summed E-state index contributed by atoms with van der Waals surface area (Å²) < 4.78 is 18.6. The number of hydrogen-bond acceptors (Lipinski definition) is 3. The van der Waals surface area contributed by atoms with Crippen LogP contribution in [0.1, 0.15) is 11.6 Å². The van der Waals surface area contributed by atoms with E-state index in [9.17, 15) is 9.18 Å². The average Bonchev–Trinajstić information content (AvgIpc) is 2.20. The molecule has 1 atom stereocenters. The summed E-state index contributed by atoms with van der Waals surface area (Å²) in [6, 6.07) is 1.43. The van der Waals surface area contributed by atoms with Crippen LogP contribution >= 0.6 is 15.9 Å². The minimum atomic E-state index is -1.45. The van der Waals surface area contributed by atoms with Crippen LogP contribution in [-0.2, 0) is 4.79 Å². The Bertz CT molecular complexity index is 397. The van der Waals surface area contributed by atoms with Gasteiger partial charge in [0.25, 0.3) is 0 Å². The molecule has 0 saturated heterocycles. The molecule has 0 aliphatic heterocycles.